The molecule has 7 nitrogen and oxygen atoms in total. The van der Waals surface area contributed by atoms with Crippen molar-refractivity contribution in [2.24, 2.45) is 0 Å². The molecule has 2 rings (SSSR count). The Bertz CT molecular complexity index is 666. The van der Waals surface area contributed by atoms with E-state index in [1.807, 2.05) is 20.8 Å². The summed E-state index contributed by atoms with van der Waals surface area (Å²) in [6.45, 7) is 6.85. The van der Waals surface area contributed by atoms with Crippen LogP contribution in [0.5, 0.6) is 0 Å². The molecule has 140 valence electrons. The predicted octanol–water partition coefficient (Wildman–Crippen LogP) is 2.49. The molecule has 1 saturated heterocycles. The average Bonchev–Trinajstić information content (AvgIpc) is 2.59. The molecular weight excluding hydrogens is 332 g/mol. The lowest BCUT2D eigenvalue weighted by molar-refractivity contribution is -0.120. The maximum absolute atomic E-state index is 12.1. The number of anilines is 1. The molecule has 0 spiro atoms. The lowest BCUT2D eigenvalue weighted by Gasteiger charge is -2.33. The molecule has 0 aromatic heterocycles. The van der Waals surface area contributed by atoms with Gasteiger partial charge >= 0.3 is 6.09 Å². The van der Waals surface area contributed by atoms with Gasteiger partial charge in [0.25, 0.3) is 0 Å². The third-order valence-corrected chi connectivity index (χ3v) is 3.98. The van der Waals surface area contributed by atoms with Gasteiger partial charge in [0.15, 0.2) is 0 Å². The highest BCUT2D eigenvalue weighted by Crippen LogP contribution is 2.15. The smallest absolute Gasteiger partial charge is 0.410 e. The van der Waals surface area contributed by atoms with Crippen LogP contribution in [-0.2, 0) is 9.53 Å². The second-order valence-electron chi connectivity index (χ2n) is 7.35. The van der Waals surface area contributed by atoms with Crippen molar-refractivity contribution in [3.63, 3.8) is 0 Å². The lowest BCUT2D eigenvalue weighted by atomic mass is 10.1. The van der Waals surface area contributed by atoms with Gasteiger partial charge in [-0.2, -0.15) is 5.26 Å². The van der Waals surface area contributed by atoms with E-state index in [4.69, 9.17) is 10.00 Å². The van der Waals surface area contributed by atoms with Crippen LogP contribution in [0.15, 0.2) is 24.3 Å². The minimum Gasteiger partial charge on any atom is -0.444 e. The molecule has 0 atom stereocenters. The monoisotopic (exact) mass is 358 g/mol. The Kier molecular flexibility index (Phi) is 6.45. The number of rotatable bonds is 4. The summed E-state index contributed by atoms with van der Waals surface area (Å²) < 4.78 is 5.37. The van der Waals surface area contributed by atoms with Crippen molar-refractivity contribution >= 4 is 17.7 Å². The number of ether oxygens (including phenoxy) is 1. The second-order valence-corrected chi connectivity index (χ2v) is 7.35. The van der Waals surface area contributed by atoms with E-state index in [0.29, 0.717) is 31.5 Å². The summed E-state index contributed by atoms with van der Waals surface area (Å²) in [4.78, 5) is 25.8. The fourth-order valence-corrected chi connectivity index (χ4v) is 2.66. The molecule has 1 aromatic rings. The van der Waals surface area contributed by atoms with Crippen molar-refractivity contribution in [2.45, 2.75) is 45.3 Å². The van der Waals surface area contributed by atoms with E-state index in [9.17, 15) is 9.59 Å². The Balaban J connectivity index is 1.70. The highest BCUT2D eigenvalue weighted by molar-refractivity contribution is 5.81. The normalized spacial score (nSPS) is 15.1. The number of nitrogens with one attached hydrogen (secondary N) is 2. The van der Waals surface area contributed by atoms with Crippen LogP contribution in [0.25, 0.3) is 0 Å². The minimum atomic E-state index is -0.501. The number of piperidine rings is 1. The summed E-state index contributed by atoms with van der Waals surface area (Å²) in [5.74, 6) is -0.0925. The number of carbonyl (C=O) groups excluding carboxylic acids is 2. The van der Waals surface area contributed by atoms with E-state index in [0.717, 1.165) is 5.69 Å². The van der Waals surface area contributed by atoms with E-state index in [1.165, 1.54) is 0 Å². The fourth-order valence-electron chi connectivity index (χ4n) is 2.66. The van der Waals surface area contributed by atoms with Gasteiger partial charge in [-0.25, -0.2) is 4.79 Å². The van der Waals surface area contributed by atoms with Crippen LogP contribution in [0.3, 0.4) is 0 Å². The molecule has 2 N–H and O–H groups in total. The number of hydrogen-bond acceptors (Lipinski definition) is 5. The Hall–Kier alpha value is -2.75. The summed E-state index contributed by atoms with van der Waals surface area (Å²) in [5, 5.41) is 14.8. The largest absolute Gasteiger partial charge is 0.444 e. The number of nitrogens with zero attached hydrogens (tertiary/aromatic N) is 2. The molecule has 1 aliphatic heterocycles. The standard InChI is InChI=1S/C19H26N4O3/c1-19(2,3)26-18(25)23-10-8-16(9-11-23)22-17(24)13-21-15-6-4-14(12-20)5-7-15/h4-7,16,21H,8-11,13H2,1-3H3,(H,22,24). The molecule has 1 aromatic carbocycles. The van der Waals surface area contributed by atoms with E-state index in [2.05, 4.69) is 16.7 Å². The molecule has 2 amide bonds. The van der Waals surface area contributed by atoms with Gasteiger partial charge in [-0.05, 0) is 57.9 Å². The van der Waals surface area contributed by atoms with Gasteiger partial charge in [0.05, 0.1) is 18.2 Å². The second kappa shape index (κ2) is 8.56. The van der Waals surface area contributed by atoms with Gasteiger partial charge in [-0.3, -0.25) is 4.79 Å². The lowest BCUT2D eigenvalue weighted by Crippen LogP contribution is -2.48. The SMILES string of the molecule is CC(C)(C)OC(=O)N1CCC(NC(=O)CNc2ccc(C#N)cc2)CC1. The Morgan fingerprint density at radius 2 is 1.85 bits per heavy atom. The maximum Gasteiger partial charge on any atom is 0.410 e. The summed E-state index contributed by atoms with van der Waals surface area (Å²) in [6, 6.07) is 9.05. The molecule has 1 fully saturated rings. The summed E-state index contributed by atoms with van der Waals surface area (Å²) >= 11 is 0. The van der Waals surface area contributed by atoms with E-state index in [-0.39, 0.29) is 24.6 Å². The van der Waals surface area contributed by atoms with Crippen molar-refractivity contribution in [1.29, 1.82) is 5.26 Å². The zero-order chi connectivity index (χ0) is 19.2. The van der Waals surface area contributed by atoms with Gasteiger partial charge in [0.2, 0.25) is 5.91 Å². The molecule has 26 heavy (non-hydrogen) atoms. The summed E-state index contributed by atoms with van der Waals surface area (Å²) in [6.07, 6.45) is 1.12. The van der Waals surface area contributed by atoms with Gasteiger partial charge < -0.3 is 20.3 Å². The fraction of sp³-hybridized carbons (Fsp3) is 0.526. The number of amides is 2. The summed E-state index contributed by atoms with van der Waals surface area (Å²) in [5.41, 5.74) is 0.870. The first-order chi connectivity index (χ1) is 12.3. The third kappa shape index (κ3) is 6.28. The molecule has 1 heterocycles. The third-order valence-electron chi connectivity index (χ3n) is 3.98. The first-order valence-corrected chi connectivity index (χ1v) is 8.78. The maximum atomic E-state index is 12.1. The highest BCUT2D eigenvalue weighted by atomic mass is 16.6. The van der Waals surface area contributed by atoms with Crippen LogP contribution in [-0.4, -0.2) is 48.2 Å². The highest BCUT2D eigenvalue weighted by Gasteiger charge is 2.27. The van der Waals surface area contributed by atoms with E-state index in [1.54, 1.807) is 29.2 Å². The number of hydrogen-bond donors (Lipinski definition) is 2. The van der Waals surface area contributed by atoms with Crippen LogP contribution < -0.4 is 10.6 Å². The van der Waals surface area contributed by atoms with Crippen LogP contribution >= 0.6 is 0 Å². The molecule has 0 bridgehead atoms. The quantitative estimate of drug-likeness (QED) is 0.862. The Morgan fingerprint density at radius 1 is 1.23 bits per heavy atom. The summed E-state index contributed by atoms with van der Waals surface area (Å²) in [7, 11) is 0. The molecule has 1 aliphatic rings. The average molecular weight is 358 g/mol. The van der Waals surface area contributed by atoms with Crippen molar-refractivity contribution in [3.8, 4) is 6.07 Å². The predicted molar refractivity (Wildman–Crippen MR) is 98.6 cm³/mol. The van der Waals surface area contributed by atoms with Crippen molar-refractivity contribution in [2.75, 3.05) is 25.0 Å². The Labute approximate surface area is 154 Å². The van der Waals surface area contributed by atoms with Crippen LogP contribution in [0.4, 0.5) is 10.5 Å². The zero-order valence-electron chi connectivity index (χ0n) is 15.5. The van der Waals surface area contributed by atoms with Crippen molar-refractivity contribution < 1.29 is 14.3 Å². The first-order valence-electron chi connectivity index (χ1n) is 8.78. The molecule has 7 heteroatoms. The van der Waals surface area contributed by atoms with E-state index < -0.39 is 5.60 Å². The van der Waals surface area contributed by atoms with Crippen molar-refractivity contribution in [1.82, 2.24) is 10.2 Å². The molecule has 0 radical (unpaired) electrons. The Morgan fingerprint density at radius 3 is 2.38 bits per heavy atom. The molecular formula is C19H26N4O3. The van der Waals surface area contributed by atoms with Gasteiger partial charge in [-0.1, -0.05) is 0 Å². The van der Waals surface area contributed by atoms with Gasteiger partial charge in [-0.15, -0.1) is 0 Å². The van der Waals surface area contributed by atoms with Gasteiger partial charge in [0.1, 0.15) is 5.60 Å². The number of likely N-dealkylation sites (tertiary alicyclic amines) is 1. The van der Waals surface area contributed by atoms with Crippen LogP contribution in [0, 0.1) is 11.3 Å². The minimum absolute atomic E-state index is 0.0592. The van der Waals surface area contributed by atoms with Crippen LogP contribution in [0.1, 0.15) is 39.2 Å². The van der Waals surface area contributed by atoms with Crippen LogP contribution in [0.2, 0.25) is 0 Å². The molecule has 0 aliphatic carbocycles. The molecule has 0 unspecified atom stereocenters. The number of benzene rings is 1. The van der Waals surface area contributed by atoms with E-state index >= 15 is 0 Å². The molecule has 0 saturated carbocycles. The first kappa shape index (κ1) is 19.6. The van der Waals surface area contributed by atoms with Crippen molar-refractivity contribution in [3.05, 3.63) is 29.8 Å². The van der Waals surface area contributed by atoms with Gasteiger partial charge in [0, 0.05) is 24.8 Å². The zero-order valence-corrected chi connectivity index (χ0v) is 15.5. The number of carbonyl (C=O) groups is 2. The number of nitriles is 1. The topological polar surface area (TPSA) is 94.5 Å².